The highest BCUT2D eigenvalue weighted by Gasteiger charge is 2.48. The molecule has 5 nitrogen and oxygen atoms in total. The number of ether oxygens (including phenoxy) is 2. The molecule has 2 heterocycles. The van der Waals surface area contributed by atoms with E-state index in [2.05, 4.69) is 10.3 Å². The summed E-state index contributed by atoms with van der Waals surface area (Å²) in [5.74, 6) is 0.453. The molecule has 1 saturated carbocycles. The van der Waals surface area contributed by atoms with Gasteiger partial charge in [-0.3, -0.25) is 4.79 Å². The van der Waals surface area contributed by atoms with E-state index in [9.17, 15) is 4.79 Å². The van der Waals surface area contributed by atoms with Crippen molar-refractivity contribution in [3.05, 3.63) is 52.8 Å². The highest BCUT2D eigenvalue weighted by molar-refractivity contribution is 6.29. The first-order valence-electron chi connectivity index (χ1n) is 8.36. The van der Waals surface area contributed by atoms with E-state index in [0.717, 1.165) is 24.0 Å². The normalized spacial score (nSPS) is 18.3. The van der Waals surface area contributed by atoms with Crippen molar-refractivity contribution >= 4 is 23.2 Å². The molecule has 130 valence electrons. The maximum absolute atomic E-state index is 13.1. The summed E-state index contributed by atoms with van der Waals surface area (Å²) >= 11 is 5.98. The number of nitrogens with one attached hydrogen (secondary N) is 1. The highest BCUT2D eigenvalue weighted by atomic mass is 35.5. The van der Waals surface area contributed by atoms with Gasteiger partial charge < -0.3 is 14.8 Å². The number of benzene rings is 1. The van der Waals surface area contributed by atoms with Gasteiger partial charge in [-0.15, -0.1) is 0 Å². The van der Waals surface area contributed by atoms with Crippen molar-refractivity contribution < 1.29 is 14.3 Å². The number of carbonyl (C=O) groups excluding carboxylic acids is 1. The molecule has 1 aliphatic carbocycles. The van der Waals surface area contributed by atoms with Crippen molar-refractivity contribution in [1.29, 1.82) is 0 Å². The number of amides is 1. The average Bonchev–Trinajstić information content (AvgIpc) is 3.35. The molecule has 2 aromatic rings. The van der Waals surface area contributed by atoms with Crippen molar-refractivity contribution in [1.82, 2.24) is 4.98 Å². The zero-order chi connectivity index (χ0) is 17.4. The second kappa shape index (κ2) is 6.32. The Labute approximate surface area is 151 Å². The first-order valence-corrected chi connectivity index (χ1v) is 8.74. The third kappa shape index (κ3) is 3.10. The standard InChI is InChI=1S/C19H19ClN2O3/c1-12-4-2-3-5-14(12)19(10-24-11-19)18(23)22-15-9-21-17(20)8-16(15)25-13-6-7-13/h2-5,8-9,13H,6-7,10-11H2,1H3,(H,22,23). The molecule has 1 saturated heterocycles. The van der Waals surface area contributed by atoms with Crippen LogP contribution in [0.2, 0.25) is 5.15 Å². The van der Waals surface area contributed by atoms with E-state index in [1.54, 1.807) is 12.3 Å². The molecular weight excluding hydrogens is 340 g/mol. The summed E-state index contributed by atoms with van der Waals surface area (Å²) < 4.78 is 11.3. The number of anilines is 1. The maximum atomic E-state index is 13.1. The Morgan fingerprint density at radius 1 is 1.36 bits per heavy atom. The maximum Gasteiger partial charge on any atom is 0.239 e. The molecule has 0 bridgehead atoms. The van der Waals surface area contributed by atoms with Crippen LogP contribution in [-0.2, 0) is 14.9 Å². The van der Waals surface area contributed by atoms with Gasteiger partial charge in [-0.1, -0.05) is 35.9 Å². The van der Waals surface area contributed by atoms with Crippen LogP contribution >= 0.6 is 11.6 Å². The summed E-state index contributed by atoms with van der Waals surface area (Å²) in [5.41, 5.74) is 1.93. The Morgan fingerprint density at radius 3 is 2.76 bits per heavy atom. The first-order chi connectivity index (χ1) is 12.1. The SMILES string of the molecule is Cc1ccccc1C1(C(=O)Nc2cnc(Cl)cc2OC2CC2)COC1. The number of rotatable bonds is 5. The molecule has 1 aliphatic heterocycles. The number of pyridine rings is 1. The summed E-state index contributed by atoms with van der Waals surface area (Å²) in [6.07, 6.45) is 3.79. The quantitative estimate of drug-likeness (QED) is 0.831. The second-order valence-electron chi connectivity index (χ2n) is 6.66. The molecule has 0 spiro atoms. The second-order valence-corrected chi connectivity index (χ2v) is 7.05. The van der Waals surface area contributed by atoms with Crippen LogP contribution in [0.3, 0.4) is 0 Å². The van der Waals surface area contributed by atoms with Gasteiger partial charge >= 0.3 is 0 Å². The Hall–Kier alpha value is -2.11. The summed E-state index contributed by atoms with van der Waals surface area (Å²) in [4.78, 5) is 17.2. The lowest BCUT2D eigenvalue weighted by atomic mass is 9.75. The fourth-order valence-electron chi connectivity index (χ4n) is 3.04. The molecule has 4 rings (SSSR count). The zero-order valence-electron chi connectivity index (χ0n) is 13.9. The minimum atomic E-state index is -0.679. The molecule has 0 atom stereocenters. The number of aryl methyl sites for hydroxylation is 1. The molecule has 1 aromatic heterocycles. The van der Waals surface area contributed by atoms with Crippen LogP contribution in [-0.4, -0.2) is 30.2 Å². The Balaban J connectivity index is 1.62. The van der Waals surface area contributed by atoms with Gasteiger partial charge in [-0.2, -0.15) is 0 Å². The average molecular weight is 359 g/mol. The van der Waals surface area contributed by atoms with Crippen LogP contribution in [0.5, 0.6) is 5.75 Å². The van der Waals surface area contributed by atoms with E-state index < -0.39 is 5.41 Å². The van der Waals surface area contributed by atoms with Crippen molar-refractivity contribution in [2.75, 3.05) is 18.5 Å². The molecule has 6 heteroatoms. The molecule has 2 aliphatic rings. The molecule has 1 amide bonds. The van der Waals surface area contributed by atoms with Crippen molar-refractivity contribution in [2.45, 2.75) is 31.3 Å². The molecule has 2 fully saturated rings. The molecular formula is C19H19ClN2O3. The lowest BCUT2D eigenvalue weighted by Gasteiger charge is -2.41. The van der Waals surface area contributed by atoms with E-state index >= 15 is 0 Å². The third-order valence-electron chi connectivity index (χ3n) is 4.69. The minimum absolute atomic E-state index is 0.113. The predicted molar refractivity (Wildman–Crippen MR) is 95.2 cm³/mol. The van der Waals surface area contributed by atoms with E-state index in [4.69, 9.17) is 21.1 Å². The number of hydrogen-bond acceptors (Lipinski definition) is 4. The van der Waals surface area contributed by atoms with E-state index in [1.807, 2.05) is 31.2 Å². The topological polar surface area (TPSA) is 60.5 Å². The Kier molecular flexibility index (Phi) is 4.13. The van der Waals surface area contributed by atoms with E-state index in [1.165, 1.54) is 0 Å². The predicted octanol–water partition coefficient (Wildman–Crippen LogP) is 3.49. The van der Waals surface area contributed by atoms with E-state index in [0.29, 0.717) is 29.8 Å². The Morgan fingerprint density at radius 2 is 2.12 bits per heavy atom. The lowest BCUT2D eigenvalue weighted by molar-refractivity contribution is -0.139. The minimum Gasteiger partial charge on any atom is -0.488 e. The van der Waals surface area contributed by atoms with Crippen LogP contribution in [0.4, 0.5) is 5.69 Å². The van der Waals surface area contributed by atoms with Gasteiger partial charge in [0.05, 0.1) is 25.5 Å². The van der Waals surface area contributed by atoms with Crippen molar-refractivity contribution in [3.63, 3.8) is 0 Å². The molecule has 1 aromatic carbocycles. The highest BCUT2D eigenvalue weighted by Crippen LogP contribution is 2.38. The van der Waals surface area contributed by atoms with Crippen LogP contribution in [0.1, 0.15) is 24.0 Å². The largest absolute Gasteiger partial charge is 0.488 e. The van der Waals surface area contributed by atoms with E-state index in [-0.39, 0.29) is 12.0 Å². The summed E-state index contributed by atoms with van der Waals surface area (Å²) in [6, 6.07) is 9.55. The van der Waals surface area contributed by atoms with Gasteiger partial charge in [-0.05, 0) is 30.9 Å². The first kappa shape index (κ1) is 16.4. The summed E-state index contributed by atoms with van der Waals surface area (Å²) in [7, 11) is 0. The summed E-state index contributed by atoms with van der Waals surface area (Å²) in [5, 5.41) is 3.32. The fraction of sp³-hybridized carbons (Fsp3) is 0.368. The monoisotopic (exact) mass is 358 g/mol. The van der Waals surface area contributed by atoms with Crippen LogP contribution < -0.4 is 10.1 Å². The Bertz CT molecular complexity index is 816. The molecule has 1 N–H and O–H groups in total. The summed E-state index contributed by atoms with van der Waals surface area (Å²) in [6.45, 7) is 2.74. The van der Waals surface area contributed by atoms with Gasteiger partial charge in [0.1, 0.15) is 22.0 Å². The van der Waals surface area contributed by atoms with Crippen LogP contribution in [0.15, 0.2) is 36.5 Å². The lowest BCUT2D eigenvalue weighted by Crippen LogP contribution is -2.55. The van der Waals surface area contributed by atoms with Gasteiger partial charge in [0.15, 0.2) is 0 Å². The number of carbonyl (C=O) groups is 1. The van der Waals surface area contributed by atoms with Gasteiger partial charge in [0.25, 0.3) is 0 Å². The molecule has 25 heavy (non-hydrogen) atoms. The number of aromatic nitrogens is 1. The number of nitrogens with zero attached hydrogens (tertiary/aromatic N) is 1. The van der Waals surface area contributed by atoms with Crippen LogP contribution in [0.25, 0.3) is 0 Å². The molecule has 0 unspecified atom stereocenters. The number of halogens is 1. The van der Waals surface area contributed by atoms with Gasteiger partial charge in [0, 0.05) is 6.07 Å². The van der Waals surface area contributed by atoms with Gasteiger partial charge in [-0.25, -0.2) is 4.98 Å². The molecule has 0 radical (unpaired) electrons. The smallest absolute Gasteiger partial charge is 0.239 e. The third-order valence-corrected chi connectivity index (χ3v) is 4.90. The van der Waals surface area contributed by atoms with Crippen molar-refractivity contribution in [3.8, 4) is 5.75 Å². The number of hydrogen-bond donors (Lipinski definition) is 1. The zero-order valence-corrected chi connectivity index (χ0v) is 14.7. The van der Waals surface area contributed by atoms with Crippen LogP contribution in [0, 0.1) is 6.92 Å². The van der Waals surface area contributed by atoms with Gasteiger partial charge in [0.2, 0.25) is 5.91 Å². The fourth-order valence-corrected chi connectivity index (χ4v) is 3.18. The van der Waals surface area contributed by atoms with Crippen molar-refractivity contribution in [2.24, 2.45) is 0 Å².